The first-order chi connectivity index (χ1) is 12.6. The highest BCUT2D eigenvalue weighted by Crippen LogP contribution is 2.42. The van der Waals surface area contributed by atoms with Crippen molar-refractivity contribution in [3.8, 4) is 5.75 Å². The summed E-state index contributed by atoms with van der Waals surface area (Å²) in [5, 5.41) is 0.818. The molecule has 1 aromatic carbocycles. The van der Waals surface area contributed by atoms with Crippen molar-refractivity contribution in [3.05, 3.63) is 30.0 Å². The molecule has 2 unspecified atom stereocenters. The first kappa shape index (κ1) is 15.9. The summed E-state index contributed by atoms with van der Waals surface area (Å²) in [6.45, 7) is 0.586. The van der Waals surface area contributed by atoms with Gasteiger partial charge in [0.05, 0.1) is 19.2 Å². The van der Waals surface area contributed by atoms with Crippen molar-refractivity contribution in [2.24, 2.45) is 5.92 Å². The van der Waals surface area contributed by atoms with Gasteiger partial charge in [0.2, 0.25) is 0 Å². The highest BCUT2D eigenvalue weighted by atomic mass is 16.5. The Hall–Kier alpha value is -2.34. The molecule has 4 bridgehead atoms. The fraction of sp³-hybridized carbons (Fsp3) is 0.500. The van der Waals surface area contributed by atoms with E-state index in [9.17, 15) is 9.59 Å². The third-order valence-electron chi connectivity index (χ3n) is 6.30. The van der Waals surface area contributed by atoms with Crippen LogP contribution in [-0.2, 0) is 9.53 Å². The number of hydrogen-bond donors (Lipinski definition) is 1. The summed E-state index contributed by atoms with van der Waals surface area (Å²) in [6.07, 6.45) is 5.15. The van der Waals surface area contributed by atoms with Gasteiger partial charge in [-0.25, -0.2) is 4.79 Å². The Balaban J connectivity index is 1.33. The monoisotopic (exact) mass is 354 g/mol. The normalized spacial score (nSPS) is 32.7. The molecule has 0 aliphatic carbocycles. The number of benzene rings is 1. The maximum Gasteiger partial charge on any atom is 0.340 e. The second-order valence-electron chi connectivity index (χ2n) is 7.73. The number of esters is 1. The van der Waals surface area contributed by atoms with Crippen LogP contribution in [-0.4, -0.2) is 53.5 Å². The number of Topliss-reactive ketones (excluding diaryl/α,β-unsaturated/α-hetero) is 1. The largest absolute Gasteiger partial charge is 0.497 e. The lowest BCUT2D eigenvalue weighted by Crippen LogP contribution is -2.63. The van der Waals surface area contributed by atoms with Crippen LogP contribution >= 0.6 is 0 Å². The second-order valence-corrected chi connectivity index (χ2v) is 7.73. The predicted molar refractivity (Wildman–Crippen MR) is 95.3 cm³/mol. The lowest BCUT2D eigenvalue weighted by atomic mass is 9.72. The van der Waals surface area contributed by atoms with Crippen LogP contribution in [0, 0.1) is 5.92 Å². The Morgan fingerprint density at radius 1 is 1.19 bits per heavy atom. The molecule has 2 atom stereocenters. The molecule has 6 heteroatoms. The van der Waals surface area contributed by atoms with Crippen LogP contribution in [0.5, 0.6) is 5.75 Å². The summed E-state index contributed by atoms with van der Waals surface area (Å²) < 4.78 is 11.1. The molecule has 1 aromatic heterocycles. The number of piperidine rings is 4. The van der Waals surface area contributed by atoms with Gasteiger partial charge < -0.3 is 14.5 Å². The maximum atomic E-state index is 12.8. The number of carbonyl (C=O) groups is 2. The number of methoxy groups -OCH3 is 1. The number of carbonyl (C=O) groups excluding carboxylic acids is 2. The van der Waals surface area contributed by atoms with E-state index < -0.39 is 0 Å². The molecule has 0 spiro atoms. The van der Waals surface area contributed by atoms with Crippen molar-refractivity contribution in [2.45, 2.75) is 43.9 Å². The van der Waals surface area contributed by atoms with Crippen LogP contribution in [0.25, 0.3) is 10.9 Å². The van der Waals surface area contributed by atoms with Crippen LogP contribution in [0.15, 0.2) is 24.4 Å². The molecule has 136 valence electrons. The zero-order valence-electron chi connectivity index (χ0n) is 14.7. The number of nitrogens with zero attached hydrogens (tertiary/aromatic N) is 1. The molecule has 4 fully saturated rings. The molecule has 1 N–H and O–H groups in total. The molecule has 2 aromatic rings. The van der Waals surface area contributed by atoms with Gasteiger partial charge in [-0.15, -0.1) is 0 Å². The molecule has 6 nitrogen and oxygen atoms in total. The lowest BCUT2D eigenvalue weighted by Gasteiger charge is -2.54. The third-order valence-corrected chi connectivity index (χ3v) is 6.30. The van der Waals surface area contributed by atoms with E-state index in [-0.39, 0.29) is 18.0 Å². The van der Waals surface area contributed by atoms with E-state index in [1.54, 1.807) is 13.3 Å². The fourth-order valence-electron chi connectivity index (χ4n) is 5.03. The van der Waals surface area contributed by atoms with Crippen LogP contribution in [0.4, 0.5) is 0 Å². The van der Waals surface area contributed by atoms with Gasteiger partial charge in [0, 0.05) is 47.9 Å². The predicted octanol–water partition coefficient (Wildman–Crippen LogP) is 2.53. The van der Waals surface area contributed by atoms with Crippen molar-refractivity contribution in [1.29, 1.82) is 0 Å². The van der Waals surface area contributed by atoms with Gasteiger partial charge >= 0.3 is 5.97 Å². The van der Waals surface area contributed by atoms with Gasteiger partial charge in [-0.3, -0.25) is 9.69 Å². The molecule has 0 amide bonds. The molecule has 5 heterocycles. The minimum Gasteiger partial charge on any atom is -0.497 e. The number of rotatable bonds is 3. The second kappa shape index (κ2) is 5.84. The molecule has 0 radical (unpaired) electrons. The first-order valence-corrected chi connectivity index (χ1v) is 9.27. The molecule has 4 aliphatic heterocycles. The number of nitrogens with one attached hydrogen (secondary N) is 1. The number of aromatic nitrogens is 1. The van der Waals surface area contributed by atoms with Crippen LogP contribution in [0.1, 0.15) is 36.0 Å². The first-order valence-electron chi connectivity index (χ1n) is 9.27. The Morgan fingerprint density at radius 2 is 1.96 bits per heavy atom. The van der Waals surface area contributed by atoms with E-state index in [0.29, 0.717) is 35.7 Å². The van der Waals surface area contributed by atoms with Crippen molar-refractivity contribution >= 4 is 22.7 Å². The molecule has 0 saturated carbocycles. The summed E-state index contributed by atoms with van der Waals surface area (Å²) in [5.41, 5.74) is 1.44. The van der Waals surface area contributed by atoms with Gasteiger partial charge in [-0.2, -0.15) is 0 Å². The minimum atomic E-state index is -0.286. The smallest absolute Gasteiger partial charge is 0.340 e. The summed E-state index contributed by atoms with van der Waals surface area (Å²) in [7, 11) is 1.61. The third kappa shape index (κ3) is 2.43. The van der Waals surface area contributed by atoms with E-state index in [4.69, 9.17) is 9.47 Å². The molecule has 4 aliphatic rings. The van der Waals surface area contributed by atoms with E-state index >= 15 is 0 Å². The highest BCUT2D eigenvalue weighted by Gasteiger charge is 2.49. The summed E-state index contributed by atoms with van der Waals surface area (Å²) in [6, 6.07) is 6.38. The minimum absolute atomic E-state index is 0.0709. The fourth-order valence-corrected chi connectivity index (χ4v) is 5.03. The number of H-pyrrole nitrogens is 1. The van der Waals surface area contributed by atoms with E-state index in [2.05, 4.69) is 9.88 Å². The van der Waals surface area contributed by atoms with E-state index in [1.807, 2.05) is 18.2 Å². The number of hydrogen-bond acceptors (Lipinski definition) is 5. The molecule has 26 heavy (non-hydrogen) atoms. The summed E-state index contributed by atoms with van der Waals surface area (Å²) in [5.74, 6) is 1.05. The highest BCUT2D eigenvalue weighted by molar-refractivity contribution is 6.04. The quantitative estimate of drug-likeness (QED) is 0.858. The van der Waals surface area contributed by atoms with E-state index in [0.717, 1.165) is 36.6 Å². The number of ether oxygens (including phenoxy) is 2. The SMILES string of the molecule is COc1ccc2[nH]cc(C(=O)OC3CC4CC5CC(C3)N4CC5=O)c2c1. The maximum absolute atomic E-state index is 12.8. The van der Waals surface area contributed by atoms with E-state index in [1.165, 1.54) is 0 Å². The summed E-state index contributed by atoms with van der Waals surface area (Å²) in [4.78, 5) is 30.2. The number of ketones is 1. The van der Waals surface area contributed by atoms with Crippen molar-refractivity contribution in [3.63, 3.8) is 0 Å². The standard InChI is InChI=1S/C20H22N2O4/c1-25-14-2-3-18-16(8-14)17(9-21-18)20(24)26-15-6-12-4-11-5-13(7-15)22(12)10-19(11)23/h2-3,8-9,11-13,15,21H,4-7,10H2,1H3. The van der Waals surface area contributed by atoms with Crippen LogP contribution < -0.4 is 4.74 Å². The van der Waals surface area contributed by atoms with Gasteiger partial charge in [0.15, 0.2) is 0 Å². The Labute approximate surface area is 151 Å². The van der Waals surface area contributed by atoms with Crippen molar-refractivity contribution < 1.29 is 19.1 Å². The molecular formula is C20H22N2O4. The van der Waals surface area contributed by atoms with Crippen molar-refractivity contribution in [1.82, 2.24) is 9.88 Å². The van der Waals surface area contributed by atoms with Crippen LogP contribution in [0.2, 0.25) is 0 Å². The van der Waals surface area contributed by atoms with Gasteiger partial charge in [0.25, 0.3) is 0 Å². The van der Waals surface area contributed by atoms with Crippen LogP contribution in [0.3, 0.4) is 0 Å². The zero-order valence-corrected chi connectivity index (χ0v) is 14.7. The van der Waals surface area contributed by atoms with Gasteiger partial charge in [-0.1, -0.05) is 0 Å². The molecular weight excluding hydrogens is 332 g/mol. The number of fused-ring (bicyclic) bond motifs is 2. The Morgan fingerprint density at radius 3 is 2.65 bits per heavy atom. The summed E-state index contributed by atoms with van der Waals surface area (Å²) >= 11 is 0. The Bertz CT molecular complexity index is 873. The average molecular weight is 354 g/mol. The number of aromatic amines is 1. The topological polar surface area (TPSA) is 71.6 Å². The molecule has 6 rings (SSSR count). The van der Waals surface area contributed by atoms with Gasteiger partial charge in [0.1, 0.15) is 17.6 Å². The van der Waals surface area contributed by atoms with Crippen molar-refractivity contribution in [2.75, 3.05) is 13.7 Å². The zero-order chi connectivity index (χ0) is 17.8. The molecule has 4 saturated heterocycles. The Kier molecular flexibility index (Phi) is 3.57. The van der Waals surface area contributed by atoms with Gasteiger partial charge in [-0.05, 0) is 31.0 Å². The average Bonchev–Trinajstić information content (AvgIpc) is 3.04. The lowest BCUT2D eigenvalue weighted by molar-refractivity contribution is -0.145.